The van der Waals surface area contributed by atoms with Crippen LogP contribution in [0.4, 0.5) is 0 Å². The summed E-state index contributed by atoms with van der Waals surface area (Å²) < 4.78 is 17.4. The minimum atomic E-state index is -1.03. The monoisotopic (exact) mass is 436 g/mol. The highest BCUT2D eigenvalue weighted by Gasteiger charge is 2.31. The number of rotatable bonds is 8. The molecule has 1 unspecified atom stereocenters. The van der Waals surface area contributed by atoms with E-state index in [-0.39, 0.29) is 11.3 Å². The van der Waals surface area contributed by atoms with Crippen LogP contribution in [0.25, 0.3) is 22.3 Å². The minimum Gasteiger partial charge on any atom is -0.456 e. The van der Waals surface area contributed by atoms with Crippen LogP contribution in [0.2, 0.25) is 0 Å². The lowest BCUT2D eigenvalue weighted by molar-refractivity contribution is -0.136. The summed E-state index contributed by atoms with van der Waals surface area (Å²) in [7, 11) is 0. The van der Waals surface area contributed by atoms with Crippen molar-refractivity contribution in [2.24, 2.45) is 0 Å². The van der Waals surface area contributed by atoms with E-state index in [1.807, 2.05) is 12.1 Å². The number of hydrogen-bond acceptors (Lipinski definition) is 6. The Morgan fingerprint density at radius 3 is 2.59 bits per heavy atom. The third kappa shape index (κ3) is 4.34. The number of fused-ring (bicyclic) bond motifs is 2. The number of hydrogen-bond donors (Lipinski definition) is 1. The SMILES string of the molecule is CCN(CC)CCCNC(=O)C1Oc2ccc(-c3oc4ccccc4c(=O)c3C)cc2O1. The van der Waals surface area contributed by atoms with E-state index in [0.29, 0.717) is 45.9 Å². The van der Waals surface area contributed by atoms with Gasteiger partial charge in [-0.15, -0.1) is 0 Å². The van der Waals surface area contributed by atoms with Crippen molar-refractivity contribution >= 4 is 16.9 Å². The second-order valence-corrected chi connectivity index (χ2v) is 7.78. The van der Waals surface area contributed by atoms with Crippen LogP contribution in [0.3, 0.4) is 0 Å². The Kier molecular flexibility index (Phi) is 6.46. The third-order valence-electron chi connectivity index (χ3n) is 5.76. The van der Waals surface area contributed by atoms with Crippen LogP contribution in [0.15, 0.2) is 51.7 Å². The number of ether oxygens (including phenoxy) is 2. The zero-order valence-electron chi connectivity index (χ0n) is 18.6. The van der Waals surface area contributed by atoms with E-state index in [9.17, 15) is 9.59 Å². The molecule has 1 atom stereocenters. The van der Waals surface area contributed by atoms with Gasteiger partial charge in [0.05, 0.1) is 5.39 Å². The fourth-order valence-electron chi connectivity index (χ4n) is 3.85. The lowest BCUT2D eigenvalue weighted by Gasteiger charge is -2.18. The quantitative estimate of drug-likeness (QED) is 0.542. The molecule has 32 heavy (non-hydrogen) atoms. The number of carbonyl (C=O) groups is 1. The summed E-state index contributed by atoms with van der Waals surface area (Å²) >= 11 is 0. The molecule has 0 fully saturated rings. The van der Waals surface area contributed by atoms with E-state index in [0.717, 1.165) is 26.1 Å². The number of para-hydroxylation sites is 1. The summed E-state index contributed by atoms with van der Waals surface area (Å²) in [6, 6.07) is 12.4. The summed E-state index contributed by atoms with van der Waals surface area (Å²) in [6.45, 7) is 9.46. The first-order chi connectivity index (χ1) is 15.5. The van der Waals surface area contributed by atoms with E-state index in [1.54, 1.807) is 37.3 Å². The molecule has 7 nitrogen and oxygen atoms in total. The van der Waals surface area contributed by atoms with Crippen LogP contribution >= 0.6 is 0 Å². The smallest absolute Gasteiger partial charge is 0.321 e. The molecule has 1 amide bonds. The van der Waals surface area contributed by atoms with Crippen molar-refractivity contribution in [1.82, 2.24) is 10.2 Å². The van der Waals surface area contributed by atoms with E-state index < -0.39 is 6.29 Å². The van der Waals surface area contributed by atoms with Crippen molar-refractivity contribution in [2.75, 3.05) is 26.2 Å². The molecular weight excluding hydrogens is 408 g/mol. The van der Waals surface area contributed by atoms with Crippen LogP contribution in [-0.2, 0) is 4.79 Å². The van der Waals surface area contributed by atoms with Gasteiger partial charge in [0, 0.05) is 17.7 Å². The summed E-state index contributed by atoms with van der Waals surface area (Å²) in [5.74, 6) is 1.10. The molecule has 2 heterocycles. The van der Waals surface area contributed by atoms with Crippen molar-refractivity contribution in [3.8, 4) is 22.8 Å². The number of nitrogens with zero attached hydrogens (tertiary/aromatic N) is 1. The predicted octanol–water partition coefficient (Wildman–Crippen LogP) is 3.71. The van der Waals surface area contributed by atoms with Crippen molar-refractivity contribution < 1.29 is 18.7 Å². The highest BCUT2D eigenvalue weighted by atomic mass is 16.7. The average molecular weight is 437 g/mol. The molecule has 1 aliphatic rings. The number of nitrogens with one attached hydrogen (secondary N) is 1. The molecule has 0 saturated heterocycles. The lowest BCUT2D eigenvalue weighted by atomic mass is 10.1. The number of benzene rings is 2. The van der Waals surface area contributed by atoms with E-state index >= 15 is 0 Å². The zero-order chi connectivity index (χ0) is 22.7. The molecule has 0 radical (unpaired) electrons. The highest BCUT2D eigenvalue weighted by molar-refractivity contribution is 5.82. The Morgan fingerprint density at radius 2 is 1.81 bits per heavy atom. The zero-order valence-corrected chi connectivity index (χ0v) is 18.6. The van der Waals surface area contributed by atoms with Crippen LogP contribution in [0, 0.1) is 6.92 Å². The van der Waals surface area contributed by atoms with Crippen molar-refractivity contribution in [1.29, 1.82) is 0 Å². The van der Waals surface area contributed by atoms with E-state index in [1.165, 1.54) is 0 Å². The van der Waals surface area contributed by atoms with Gasteiger partial charge in [0.25, 0.3) is 0 Å². The highest BCUT2D eigenvalue weighted by Crippen LogP contribution is 2.39. The Labute approximate surface area is 186 Å². The van der Waals surface area contributed by atoms with Gasteiger partial charge in [-0.3, -0.25) is 9.59 Å². The van der Waals surface area contributed by atoms with Crippen LogP contribution in [0.5, 0.6) is 11.5 Å². The van der Waals surface area contributed by atoms with Crippen molar-refractivity contribution in [3.63, 3.8) is 0 Å². The molecule has 1 aromatic heterocycles. The largest absolute Gasteiger partial charge is 0.456 e. The van der Waals surface area contributed by atoms with Crippen LogP contribution in [0.1, 0.15) is 25.8 Å². The summed E-state index contributed by atoms with van der Waals surface area (Å²) in [5, 5.41) is 3.42. The molecule has 1 N–H and O–H groups in total. The van der Waals surface area contributed by atoms with Gasteiger partial charge in [0.1, 0.15) is 11.3 Å². The van der Waals surface area contributed by atoms with Gasteiger partial charge in [-0.05, 0) is 63.3 Å². The molecule has 1 aliphatic heterocycles. The van der Waals surface area contributed by atoms with Gasteiger partial charge in [-0.25, -0.2) is 0 Å². The Balaban J connectivity index is 1.45. The van der Waals surface area contributed by atoms with Gasteiger partial charge in [0.15, 0.2) is 16.9 Å². The lowest BCUT2D eigenvalue weighted by Crippen LogP contribution is -2.40. The van der Waals surface area contributed by atoms with Gasteiger partial charge >= 0.3 is 12.2 Å². The van der Waals surface area contributed by atoms with Gasteiger partial charge < -0.3 is 24.1 Å². The molecule has 3 aromatic rings. The second-order valence-electron chi connectivity index (χ2n) is 7.78. The normalized spacial score (nSPS) is 14.8. The fraction of sp³-hybridized carbons (Fsp3) is 0.360. The molecule has 7 heteroatoms. The fourth-order valence-corrected chi connectivity index (χ4v) is 3.85. The molecule has 0 saturated carbocycles. The Morgan fingerprint density at radius 1 is 1.06 bits per heavy atom. The molecule has 168 valence electrons. The summed E-state index contributed by atoms with van der Waals surface area (Å²) in [5.41, 5.74) is 1.66. The summed E-state index contributed by atoms with van der Waals surface area (Å²) in [4.78, 5) is 27.5. The molecule has 2 aromatic carbocycles. The topological polar surface area (TPSA) is 81.0 Å². The average Bonchev–Trinajstić information content (AvgIpc) is 3.25. The maximum absolute atomic E-state index is 12.7. The van der Waals surface area contributed by atoms with Gasteiger partial charge in [0.2, 0.25) is 0 Å². The Hall–Kier alpha value is -3.32. The minimum absolute atomic E-state index is 0.0681. The molecule has 4 rings (SSSR count). The summed E-state index contributed by atoms with van der Waals surface area (Å²) in [6.07, 6.45) is -0.171. The van der Waals surface area contributed by atoms with Crippen LogP contribution in [-0.4, -0.2) is 43.3 Å². The first-order valence-corrected chi connectivity index (χ1v) is 11.0. The predicted molar refractivity (Wildman–Crippen MR) is 123 cm³/mol. The molecular formula is C25H28N2O5. The van der Waals surface area contributed by atoms with Crippen molar-refractivity contribution in [3.05, 3.63) is 58.3 Å². The van der Waals surface area contributed by atoms with Gasteiger partial charge in [-0.2, -0.15) is 0 Å². The number of amides is 1. The van der Waals surface area contributed by atoms with E-state index in [4.69, 9.17) is 13.9 Å². The first kappa shape index (κ1) is 21.9. The second kappa shape index (κ2) is 9.44. The molecule has 0 bridgehead atoms. The first-order valence-electron chi connectivity index (χ1n) is 11.0. The maximum atomic E-state index is 12.7. The standard InChI is InChI=1S/C25H28N2O5/c1-4-27(5-2)14-8-13-26-24(29)25-31-20-12-11-17(15-21(20)32-25)23-16(3)22(28)18-9-6-7-10-19(18)30-23/h6-7,9-12,15,25H,4-5,8,13-14H2,1-3H3,(H,26,29). The van der Waals surface area contributed by atoms with E-state index in [2.05, 4.69) is 24.1 Å². The number of carbonyl (C=O) groups excluding carboxylic acids is 1. The third-order valence-corrected chi connectivity index (χ3v) is 5.76. The van der Waals surface area contributed by atoms with Crippen LogP contribution < -0.4 is 20.2 Å². The Bertz CT molecular complexity index is 1180. The molecule has 0 spiro atoms. The molecule has 0 aliphatic carbocycles. The van der Waals surface area contributed by atoms with Crippen molar-refractivity contribution in [2.45, 2.75) is 33.5 Å². The van der Waals surface area contributed by atoms with Gasteiger partial charge in [-0.1, -0.05) is 26.0 Å². The maximum Gasteiger partial charge on any atom is 0.321 e.